The van der Waals surface area contributed by atoms with Gasteiger partial charge in [-0.2, -0.15) is 0 Å². The molecule has 0 atom stereocenters. The number of hydrogen-bond donors (Lipinski definition) is 0. The van der Waals surface area contributed by atoms with Crippen LogP contribution in [0.4, 0.5) is 0 Å². The zero-order chi connectivity index (χ0) is 23.1. The first-order valence-electron chi connectivity index (χ1n) is 9.06. The minimum absolute atomic E-state index is 0.0111. The molecule has 0 rings (SSSR count). The van der Waals surface area contributed by atoms with Crippen LogP contribution >= 0.6 is 0 Å². The molecule has 0 heterocycles. The molecule has 0 aliphatic heterocycles. The van der Waals surface area contributed by atoms with E-state index in [0.29, 0.717) is 0 Å². The van der Waals surface area contributed by atoms with Crippen LogP contribution < -0.4 is 0 Å². The zero-order valence-electron chi connectivity index (χ0n) is 19.2. The van der Waals surface area contributed by atoms with E-state index >= 15 is 0 Å². The third-order valence-corrected chi connectivity index (χ3v) is 21.7. The van der Waals surface area contributed by atoms with Crippen LogP contribution in [0.15, 0.2) is 0 Å². The van der Waals surface area contributed by atoms with Crippen LogP contribution in [-0.4, -0.2) is 93.8 Å². The highest BCUT2D eigenvalue weighted by Crippen LogP contribution is 2.05. The molecule has 0 aromatic heterocycles. The van der Waals surface area contributed by atoms with Gasteiger partial charge in [0.15, 0.2) is 9.76 Å². The summed E-state index contributed by atoms with van der Waals surface area (Å²) in [6.07, 6.45) is 0. The number of hydrogen-bond acceptors (Lipinski definition) is 10. The summed E-state index contributed by atoms with van der Waals surface area (Å²) in [6.45, 7) is 19.5. The van der Waals surface area contributed by atoms with Gasteiger partial charge in [0.1, 0.15) is 0 Å². The Balaban J connectivity index is 4.11. The summed E-state index contributed by atoms with van der Waals surface area (Å²) in [7, 11) is -11.6. The van der Waals surface area contributed by atoms with Crippen LogP contribution in [0.2, 0.25) is 65.5 Å². The lowest BCUT2D eigenvalue weighted by atomic mass is 11.9. The predicted octanol–water partition coefficient (Wildman–Crippen LogP) is 0.811. The van der Waals surface area contributed by atoms with Crippen LogP contribution in [0, 0.1) is 0 Å². The highest BCUT2D eigenvalue weighted by molar-refractivity contribution is 6.71. The minimum atomic E-state index is -1.49. The van der Waals surface area contributed by atoms with Gasteiger partial charge in [0.25, 0.3) is 0 Å². The first-order chi connectivity index (χ1) is 14.1. The number of rotatable bonds is 19. The van der Waals surface area contributed by atoms with E-state index in [-0.39, 0.29) is 19.5 Å². The molecule has 0 bridgehead atoms. The van der Waals surface area contributed by atoms with Crippen molar-refractivity contribution in [2.75, 3.05) is 0 Å². The van der Waals surface area contributed by atoms with E-state index in [1.807, 2.05) is 65.5 Å². The van der Waals surface area contributed by atoms with Gasteiger partial charge in [-0.25, -0.2) is 0 Å². The van der Waals surface area contributed by atoms with Gasteiger partial charge in [-0.05, 0) is 65.5 Å². The van der Waals surface area contributed by atoms with E-state index in [4.69, 9.17) is 42.1 Å². The topological polar surface area (TPSA) is 92.3 Å². The summed E-state index contributed by atoms with van der Waals surface area (Å²) < 4.78 is 56.8. The average Bonchev–Trinajstić information content (AvgIpc) is 2.58. The molecule has 0 saturated carbocycles. The Labute approximate surface area is 200 Å². The Hall–Kier alpha value is 1.77. The van der Waals surface area contributed by atoms with Crippen molar-refractivity contribution in [3.8, 4) is 0 Å². The molecule has 0 spiro atoms. The third kappa shape index (κ3) is 18.2. The van der Waals surface area contributed by atoms with Crippen LogP contribution in [-0.2, 0) is 42.1 Å². The van der Waals surface area contributed by atoms with E-state index in [9.17, 15) is 0 Å². The Bertz CT molecular complexity index is 420. The van der Waals surface area contributed by atoms with Crippen LogP contribution in [0.5, 0.6) is 0 Å². The van der Waals surface area contributed by atoms with Gasteiger partial charge in [0.2, 0.25) is 9.76 Å². The molecule has 0 aromatic rings. The van der Waals surface area contributed by atoms with Gasteiger partial charge in [-0.3, -0.25) is 9.15 Å². The molecule has 20 heteroatoms. The molecule has 10 nitrogen and oxygen atoms in total. The molecule has 172 valence electrons. The Morgan fingerprint density at radius 1 is 0.400 bits per heavy atom. The molecule has 0 saturated heterocycles. The van der Waals surface area contributed by atoms with E-state index in [1.54, 1.807) is 0 Å². The van der Waals surface area contributed by atoms with Gasteiger partial charge in [0.05, 0.1) is 0 Å². The van der Waals surface area contributed by atoms with Crippen LogP contribution in [0.1, 0.15) is 0 Å². The van der Waals surface area contributed by atoms with Gasteiger partial charge in [-0.1, -0.05) is 0 Å². The fraction of sp³-hybridized carbons (Fsp3) is 1.00. The molecule has 0 aliphatic carbocycles. The van der Waals surface area contributed by atoms with Crippen LogP contribution in [0.25, 0.3) is 0 Å². The lowest BCUT2D eigenvalue weighted by Gasteiger charge is -2.23. The highest BCUT2D eigenvalue weighted by atomic mass is 28.5. The van der Waals surface area contributed by atoms with Crippen molar-refractivity contribution in [1.29, 1.82) is 0 Å². The van der Waals surface area contributed by atoms with Crippen molar-refractivity contribution in [3.05, 3.63) is 0 Å². The Kier molecular flexibility index (Phi) is 20.2. The van der Waals surface area contributed by atoms with Crippen molar-refractivity contribution < 1.29 is 42.1 Å². The van der Waals surface area contributed by atoms with Crippen molar-refractivity contribution >= 4 is 93.8 Å². The highest BCUT2D eigenvalue weighted by Gasteiger charge is 2.28. The predicted molar refractivity (Wildman–Crippen MR) is 130 cm³/mol. The summed E-state index contributed by atoms with van der Waals surface area (Å²) >= 11 is 0. The Morgan fingerprint density at radius 2 is 0.700 bits per heavy atom. The molecular formula is C10H32O10Si10. The fourth-order valence-electron chi connectivity index (χ4n) is 1.86. The van der Waals surface area contributed by atoms with Crippen molar-refractivity contribution in [3.63, 3.8) is 0 Å². The lowest BCUT2D eigenvalue weighted by molar-refractivity contribution is -0.117. The summed E-state index contributed by atoms with van der Waals surface area (Å²) in [5.41, 5.74) is 0. The van der Waals surface area contributed by atoms with Gasteiger partial charge in [0, 0.05) is 0 Å². The molecule has 0 amide bonds. The maximum absolute atomic E-state index is 5.95. The van der Waals surface area contributed by atoms with Crippen LogP contribution in [0.3, 0.4) is 0 Å². The maximum Gasteiger partial charge on any atom is 0.408 e. The smallest absolute Gasteiger partial charge is 0.408 e. The lowest BCUT2D eigenvalue weighted by Crippen LogP contribution is -2.42. The molecule has 0 N–H and O–H groups in total. The van der Waals surface area contributed by atoms with E-state index < -0.39 is 74.3 Å². The second-order valence-corrected chi connectivity index (χ2v) is 21.2. The summed E-state index contributed by atoms with van der Waals surface area (Å²) in [5, 5.41) is 0. The van der Waals surface area contributed by atoms with E-state index in [0.717, 1.165) is 0 Å². The third-order valence-electron chi connectivity index (χ3n) is 2.56. The molecule has 30 heavy (non-hydrogen) atoms. The molecule has 0 unspecified atom stereocenters. The van der Waals surface area contributed by atoms with Gasteiger partial charge in [-0.15, -0.1) is 0 Å². The molecule has 10 radical (unpaired) electrons. The first kappa shape index (κ1) is 31.8. The first-order valence-corrected chi connectivity index (χ1v) is 26.8. The zero-order valence-corrected chi connectivity index (χ0v) is 29.5. The molecule has 0 fully saturated rings. The second kappa shape index (κ2) is 19.1. The summed E-state index contributed by atoms with van der Waals surface area (Å²) in [6, 6.07) is 0. The molecule has 0 aromatic carbocycles. The minimum Gasteiger partial charge on any atom is -0.438 e. The van der Waals surface area contributed by atoms with Gasteiger partial charge < -0.3 is 32.9 Å². The molecule has 0 aliphatic rings. The maximum atomic E-state index is 5.95. The summed E-state index contributed by atoms with van der Waals surface area (Å²) in [4.78, 5) is 0. The Morgan fingerprint density at radius 3 is 1.00 bits per heavy atom. The van der Waals surface area contributed by atoms with E-state index in [1.165, 1.54) is 0 Å². The van der Waals surface area contributed by atoms with Crippen molar-refractivity contribution in [2.24, 2.45) is 0 Å². The van der Waals surface area contributed by atoms with Gasteiger partial charge >= 0.3 is 74.3 Å². The van der Waals surface area contributed by atoms with E-state index in [2.05, 4.69) is 0 Å². The second-order valence-electron chi connectivity index (χ2n) is 5.42. The monoisotopic (exact) mass is 592 g/mol. The standard InChI is InChI=1S/C10H32O10Si10/c1-21-11-12-23(3)14-25(5)16-27(7)18-29(9)20-30(10)19-28(8)17-26(6)15-24(4)13-22-2/h21-22H,1-10H3. The molecular weight excluding hydrogens is 561 g/mol. The SMILES string of the molecule is C[SiH]OO[Si](C)O[Si](C)O[Si](C)O[Si](C)O[Si](C)O[Si](C)O[Si](C)O[Si](C)O[SiH]C. The quantitative estimate of drug-likeness (QED) is 0.122. The van der Waals surface area contributed by atoms with Crippen molar-refractivity contribution in [2.45, 2.75) is 65.5 Å². The fourth-order valence-corrected chi connectivity index (χ4v) is 19.5. The normalized spacial score (nSPS) is 13.0. The van der Waals surface area contributed by atoms with Crippen molar-refractivity contribution in [1.82, 2.24) is 0 Å². The average molecular weight is 593 g/mol. The largest absolute Gasteiger partial charge is 0.438 e. The summed E-state index contributed by atoms with van der Waals surface area (Å²) in [5.74, 6) is 0.